The quantitative estimate of drug-likeness (QED) is 0.880. The Morgan fingerprint density at radius 3 is 2.42 bits per heavy atom. The smallest absolute Gasteiger partial charge is 0.314 e. The molecule has 2 N–H and O–H groups in total. The molecular weight excluding hydrogens is 244 g/mol. The summed E-state index contributed by atoms with van der Waals surface area (Å²) in [4.78, 5) is 11.8. The highest BCUT2D eigenvalue weighted by atomic mass is 16.5. The topological polar surface area (TPSA) is 66.8 Å². The molecule has 0 bridgehead atoms. The van der Waals surface area contributed by atoms with Crippen LogP contribution >= 0.6 is 0 Å². The molecule has 0 aromatic heterocycles. The molecule has 0 spiro atoms. The molecule has 0 atom stereocenters. The lowest BCUT2D eigenvalue weighted by Crippen LogP contribution is -2.38. The zero-order valence-corrected chi connectivity index (χ0v) is 11.4. The van der Waals surface area contributed by atoms with Gasteiger partial charge in [-0.25, -0.2) is 0 Å². The summed E-state index contributed by atoms with van der Waals surface area (Å²) < 4.78 is 5.15. The SMILES string of the molecule is COc1ccc(C2(C(=O)O)CCCCC2)c(O)c1C. The van der Waals surface area contributed by atoms with Gasteiger partial charge in [-0.2, -0.15) is 0 Å². The van der Waals surface area contributed by atoms with Crippen LogP contribution in [0, 0.1) is 6.92 Å². The fraction of sp³-hybridized carbons (Fsp3) is 0.533. The molecule has 0 unspecified atom stereocenters. The summed E-state index contributed by atoms with van der Waals surface area (Å²) in [5.41, 5.74) is 0.184. The zero-order chi connectivity index (χ0) is 14.0. The minimum absolute atomic E-state index is 0.0589. The summed E-state index contributed by atoms with van der Waals surface area (Å²) in [5, 5.41) is 20.0. The van der Waals surface area contributed by atoms with Crippen molar-refractivity contribution in [2.75, 3.05) is 7.11 Å². The minimum Gasteiger partial charge on any atom is -0.507 e. The van der Waals surface area contributed by atoms with Crippen molar-refractivity contribution in [3.8, 4) is 11.5 Å². The fourth-order valence-electron chi connectivity index (χ4n) is 3.04. The Hall–Kier alpha value is -1.71. The van der Waals surface area contributed by atoms with Crippen LogP contribution in [0.2, 0.25) is 0 Å². The number of rotatable bonds is 3. The first-order valence-electron chi connectivity index (χ1n) is 6.63. The number of carboxylic acid groups (broad SMARTS) is 1. The van der Waals surface area contributed by atoms with E-state index in [-0.39, 0.29) is 5.75 Å². The molecule has 4 nitrogen and oxygen atoms in total. The van der Waals surface area contributed by atoms with E-state index in [1.165, 1.54) is 7.11 Å². The molecule has 2 rings (SSSR count). The second-order valence-electron chi connectivity index (χ2n) is 5.24. The second kappa shape index (κ2) is 5.11. The molecule has 1 aromatic carbocycles. The summed E-state index contributed by atoms with van der Waals surface area (Å²) >= 11 is 0. The van der Waals surface area contributed by atoms with Crippen molar-refractivity contribution in [2.45, 2.75) is 44.4 Å². The minimum atomic E-state index is -0.945. The lowest BCUT2D eigenvalue weighted by atomic mass is 9.69. The lowest BCUT2D eigenvalue weighted by molar-refractivity contribution is -0.145. The molecule has 104 valence electrons. The molecule has 1 fully saturated rings. The Labute approximate surface area is 113 Å². The molecule has 0 heterocycles. The molecule has 0 amide bonds. The third-order valence-electron chi connectivity index (χ3n) is 4.23. The predicted molar refractivity (Wildman–Crippen MR) is 71.8 cm³/mol. The van der Waals surface area contributed by atoms with Crippen LogP contribution in [0.5, 0.6) is 11.5 Å². The Morgan fingerprint density at radius 1 is 1.26 bits per heavy atom. The molecule has 1 aromatic rings. The Morgan fingerprint density at radius 2 is 1.89 bits per heavy atom. The number of phenols is 1. The number of aliphatic carboxylic acids is 1. The lowest BCUT2D eigenvalue weighted by Gasteiger charge is -2.34. The van der Waals surface area contributed by atoms with Crippen molar-refractivity contribution in [1.29, 1.82) is 0 Å². The van der Waals surface area contributed by atoms with E-state index in [0.29, 0.717) is 29.7 Å². The van der Waals surface area contributed by atoms with E-state index < -0.39 is 11.4 Å². The molecule has 1 saturated carbocycles. The van der Waals surface area contributed by atoms with E-state index in [1.54, 1.807) is 19.1 Å². The van der Waals surface area contributed by atoms with Crippen LogP contribution in [0.25, 0.3) is 0 Å². The van der Waals surface area contributed by atoms with E-state index >= 15 is 0 Å². The highest BCUT2D eigenvalue weighted by molar-refractivity contribution is 5.83. The highest BCUT2D eigenvalue weighted by Gasteiger charge is 2.43. The summed E-state index contributed by atoms with van der Waals surface area (Å²) in [6.45, 7) is 1.75. The Balaban J connectivity index is 2.54. The third kappa shape index (κ3) is 2.15. The second-order valence-corrected chi connectivity index (χ2v) is 5.24. The van der Waals surface area contributed by atoms with Crippen molar-refractivity contribution < 1.29 is 19.7 Å². The molecule has 19 heavy (non-hydrogen) atoms. The van der Waals surface area contributed by atoms with Crippen LogP contribution in [0.15, 0.2) is 12.1 Å². The van der Waals surface area contributed by atoms with Crippen molar-refractivity contribution in [2.24, 2.45) is 0 Å². The fourth-order valence-corrected chi connectivity index (χ4v) is 3.04. The van der Waals surface area contributed by atoms with Crippen LogP contribution in [0.1, 0.15) is 43.2 Å². The van der Waals surface area contributed by atoms with E-state index in [9.17, 15) is 15.0 Å². The number of aromatic hydroxyl groups is 1. The van der Waals surface area contributed by atoms with Crippen LogP contribution in [-0.4, -0.2) is 23.3 Å². The van der Waals surface area contributed by atoms with Gasteiger partial charge >= 0.3 is 5.97 Å². The van der Waals surface area contributed by atoms with Crippen LogP contribution in [-0.2, 0) is 10.2 Å². The first kappa shape index (κ1) is 13.7. The number of phenolic OH excluding ortho intramolecular Hbond substituents is 1. The predicted octanol–water partition coefficient (Wildman–Crippen LogP) is 3.00. The number of methoxy groups -OCH3 is 1. The maximum atomic E-state index is 11.8. The van der Waals surface area contributed by atoms with Crippen LogP contribution in [0.3, 0.4) is 0 Å². The van der Waals surface area contributed by atoms with E-state index in [0.717, 1.165) is 19.3 Å². The third-order valence-corrected chi connectivity index (χ3v) is 4.23. The first-order chi connectivity index (χ1) is 9.03. The van der Waals surface area contributed by atoms with Crippen molar-refractivity contribution in [1.82, 2.24) is 0 Å². The molecule has 1 aliphatic carbocycles. The average Bonchev–Trinajstić information content (AvgIpc) is 2.42. The monoisotopic (exact) mass is 264 g/mol. The zero-order valence-electron chi connectivity index (χ0n) is 11.4. The maximum absolute atomic E-state index is 11.8. The van der Waals surface area contributed by atoms with E-state index in [1.807, 2.05) is 0 Å². The van der Waals surface area contributed by atoms with Crippen molar-refractivity contribution in [3.63, 3.8) is 0 Å². The molecule has 0 aliphatic heterocycles. The molecule has 1 aliphatic rings. The van der Waals surface area contributed by atoms with E-state index in [4.69, 9.17) is 4.74 Å². The van der Waals surface area contributed by atoms with Crippen molar-refractivity contribution >= 4 is 5.97 Å². The molecule has 4 heteroatoms. The van der Waals surface area contributed by atoms with Crippen molar-refractivity contribution in [3.05, 3.63) is 23.3 Å². The van der Waals surface area contributed by atoms with Gasteiger partial charge < -0.3 is 14.9 Å². The van der Waals surface area contributed by atoms with Gasteiger partial charge in [0.25, 0.3) is 0 Å². The Kier molecular flexibility index (Phi) is 3.69. The van der Waals surface area contributed by atoms with Gasteiger partial charge in [-0.15, -0.1) is 0 Å². The molecule has 0 radical (unpaired) electrons. The van der Waals surface area contributed by atoms with Gasteiger partial charge in [-0.1, -0.05) is 25.3 Å². The number of hydrogen-bond acceptors (Lipinski definition) is 3. The van der Waals surface area contributed by atoms with Gasteiger partial charge in [-0.05, 0) is 25.8 Å². The number of hydrogen-bond donors (Lipinski definition) is 2. The van der Waals surface area contributed by atoms with Gasteiger partial charge in [0, 0.05) is 11.1 Å². The maximum Gasteiger partial charge on any atom is 0.314 e. The summed E-state index contributed by atoms with van der Waals surface area (Å²) in [5.74, 6) is -0.201. The first-order valence-corrected chi connectivity index (χ1v) is 6.63. The van der Waals surface area contributed by atoms with Crippen LogP contribution < -0.4 is 4.74 Å². The summed E-state index contributed by atoms with van der Waals surface area (Å²) in [6, 6.07) is 3.43. The van der Waals surface area contributed by atoms with Gasteiger partial charge in [-0.3, -0.25) is 4.79 Å². The Bertz CT molecular complexity index is 487. The van der Waals surface area contributed by atoms with Gasteiger partial charge in [0.15, 0.2) is 0 Å². The standard InChI is InChI=1S/C15H20O4/c1-10-12(19-2)7-6-11(13(10)16)15(14(17)18)8-4-3-5-9-15/h6-7,16H,3-5,8-9H2,1-2H3,(H,17,18). The number of carboxylic acids is 1. The normalized spacial score (nSPS) is 18.0. The van der Waals surface area contributed by atoms with Gasteiger partial charge in [0.05, 0.1) is 12.5 Å². The largest absolute Gasteiger partial charge is 0.507 e. The molecule has 0 saturated heterocycles. The summed E-state index contributed by atoms with van der Waals surface area (Å²) in [7, 11) is 1.54. The van der Waals surface area contributed by atoms with Gasteiger partial charge in [0.1, 0.15) is 11.5 Å². The highest BCUT2D eigenvalue weighted by Crippen LogP contribution is 2.45. The average molecular weight is 264 g/mol. The number of ether oxygens (including phenoxy) is 1. The number of carbonyl (C=O) groups is 1. The van der Waals surface area contributed by atoms with Gasteiger partial charge in [0.2, 0.25) is 0 Å². The molecular formula is C15H20O4. The van der Waals surface area contributed by atoms with Crippen LogP contribution in [0.4, 0.5) is 0 Å². The van der Waals surface area contributed by atoms with E-state index in [2.05, 4.69) is 0 Å². The summed E-state index contributed by atoms with van der Waals surface area (Å²) in [6.07, 6.45) is 4.00. The number of benzene rings is 1.